The highest BCUT2D eigenvalue weighted by Crippen LogP contribution is 2.10. The molecule has 0 spiro atoms. The molecule has 0 saturated heterocycles. The molecule has 0 aliphatic rings. The Morgan fingerprint density at radius 2 is 1.39 bits per heavy atom. The zero-order valence-corrected chi connectivity index (χ0v) is 14.9. The van der Waals surface area contributed by atoms with Gasteiger partial charge in [-0.25, -0.2) is 4.79 Å². The van der Waals surface area contributed by atoms with E-state index in [0.717, 1.165) is 0 Å². The van der Waals surface area contributed by atoms with E-state index in [1.165, 1.54) is 82.4 Å². The lowest BCUT2D eigenvalue weighted by Crippen LogP contribution is -3.12. The van der Waals surface area contributed by atoms with Crippen LogP contribution in [0.3, 0.4) is 0 Å². The van der Waals surface area contributed by atoms with Crippen molar-refractivity contribution in [3.05, 3.63) is 29.8 Å². The fraction of sp³-hybridized carbons (Fsp3) is 0.632. The molecular formula is C19H33NO3. The first-order valence-corrected chi connectivity index (χ1v) is 8.89. The Kier molecular flexibility index (Phi) is 13.1. The molecule has 0 aromatic heterocycles. The molecule has 0 radical (unpaired) electrons. The fourth-order valence-electron chi connectivity index (χ4n) is 2.30. The van der Waals surface area contributed by atoms with Crippen LogP contribution in [0.25, 0.3) is 0 Å². The summed E-state index contributed by atoms with van der Waals surface area (Å²) in [5.74, 6) is -1.62. The van der Waals surface area contributed by atoms with Crippen LogP contribution >= 0.6 is 0 Å². The van der Waals surface area contributed by atoms with E-state index in [1.807, 2.05) is 4.90 Å². The molecule has 4 nitrogen and oxygen atoms in total. The van der Waals surface area contributed by atoms with E-state index in [-0.39, 0.29) is 5.56 Å². The maximum atomic E-state index is 10.7. The number of nitrogens with one attached hydrogen (secondary N) is 1. The summed E-state index contributed by atoms with van der Waals surface area (Å²) in [6, 6.07) is 5.54. The molecule has 0 fully saturated rings. The molecule has 0 saturated carbocycles. The number of hydrogen-bond donors (Lipinski definition) is 2. The molecule has 1 aromatic carbocycles. The molecule has 2 N–H and O–H groups in total. The van der Waals surface area contributed by atoms with Crippen molar-refractivity contribution in [1.82, 2.24) is 0 Å². The average Bonchev–Trinajstić information content (AvgIpc) is 2.55. The number of rotatable bonds is 10. The second kappa shape index (κ2) is 14.1. The number of hydrogen-bond acceptors (Lipinski definition) is 2. The van der Waals surface area contributed by atoms with Gasteiger partial charge in [-0.15, -0.1) is 0 Å². The number of carboxylic acids is 1. The van der Waals surface area contributed by atoms with Crippen LogP contribution in [-0.4, -0.2) is 30.7 Å². The van der Waals surface area contributed by atoms with E-state index < -0.39 is 11.7 Å². The van der Waals surface area contributed by atoms with Crippen LogP contribution in [0.2, 0.25) is 0 Å². The van der Waals surface area contributed by atoms with Crippen molar-refractivity contribution in [3.63, 3.8) is 0 Å². The molecule has 132 valence electrons. The number of quaternary nitrogens is 1. The van der Waals surface area contributed by atoms with Gasteiger partial charge in [-0.05, 0) is 25.3 Å². The number of unbranched alkanes of at least 4 members (excludes halogenated alkanes) is 3. The first-order valence-electron chi connectivity index (χ1n) is 8.89. The average molecular weight is 323 g/mol. The molecule has 0 heterocycles. The van der Waals surface area contributed by atoms with Crippen LogP contribution in [-0.2, 0) is 0 Å². The van der Waals surface area contributed by atoms with Crippen molar-refractivity contribution in [2.75, 3.05) is 19.6 Å². The molecule has 0 bridgehead atoms. The molecule has 0 amide bonds. The van der Waals surface area contributed by atoms with Crippen molar-refractivity contribution >= 4 is 5.97 Å². The van der Waals surface area contributed by atoms with Crippen LogP contribution in [0.5, 0.6) is 5.75 Å². The molecule has 23 heavy (non-hydrogen) atoms. The summed E-state index contributed by atoms with van der Waals surface area (Å²) in [6.07, 6.45) is 8.26. The van der Waals surface area contributed by atoms with Gasteiger partial charge in [-0.3, -0.25) is 0 Å². The van der Waals surface area contributed by atoms with Gasteiger partial charge < -0.3 is 15.1 Å². The number of aromatic carboxylic acids is 1. The summed E-state index contributed by atoms with van der Waals surface area (Å²) in [6.45, 7) is 11.1. The molecule has 4 heteroatoms. The Balaban J connectivity index is 0.000000433. The molecule has 1 aromatic rings. The third-order valence-electron chi connectivity index (χ3n) is 3.77. The second-order valence-corrected chi connectivity index (χ2v) is 5.86. The van der Waals surface area contributed by atoms with Crippen molar-refractivity contribution in [3.8, 4) is 5.75 Å². The van der Waals surface area contributed by atoms with Crippen molar-refractivity contribution < 1.29 is 19.9 Å². The van der Waals surface area contributed by atoms with Crippen LogP contribution in [0.1, 0.15) is 69.7 Å². The molecule has 0 aliphatic carbocycles. The van der Waals surface area contributed by atoms with Gasteiger partial charge in [0.1, 0.15) is 0 Å². The molecule has 0 unspecified atom stereocenters. The van der Waals surface area contributed by atoms with Gasteiger partial charge in [0.2, 0.25) is 0 Å². The number of carboxylic acid groups (broad SMARTS) is 1. The largest absolute Gasteiger partial charge is 0.872 e. The highest BCUT2D eigenvalue weighted by atomic mass is 16.4. The standard InChI is InChI=1S/C12H27N.C7H6O3/c1-4-7-10-13(11-8-5-2)12-9-6-3;8-6-4-2-1-3-5(6)7(9)10/h4-12H2,1-3H3;1-4,8H,(H,9,10). The van der Waals surface area contributed by atoms with Gasteiger partial charge in [-0.2, -0.15) is 0 Å². The van der Waals surface area contributed by atoms with Gasteiger partial charge in [0.15, 0.2) is 0 Å². The number of para-hydroxylation sites is 1. The zero-order chi connectivity index (χ0) is 17.5. The van der Waals surface area contributed by atoms with E-state index >= 15 is 0 Å². The Hall–Kier alpha value is -1.55. The lowest BCUT2D eigenvalue weighted by molar-refractivity contribution is -0.900. The SMILES string of the molecule is CCCC[NH+](CCCC)CCCC.O=C(O)c1ccccc1[O-]. The highest BCUT2D eigenvalue weighted by molar-refractivity contribution is 5.90. The third kappa shape index (κ3) is 10.7. The van der Waals surface area contributed by atoms with E-state index in [2.05, 4.69) is 20.8 Å². The van der Waals surface area contributed by atoms with Crippen molar-refractivity contribution in [2.24, 2.45) is 0 Å². The molecule has 1 rings (SSSR count). The Morgan fingerprint density at radius 3 is 1.70 bits per heavy atom. The lowest BCUT2D eigenvalue weighted by Gasteiger charge is -2.18. The summed E-state index contributed by atoms with van der Waals surface area (Å²) >= 11 is 0. The van der Waals surface area contributed by atoms with Crippen molar-refractivity contribution in [2.45, 2.75) is 59.3 Å². The first kappa shape index (κ1) is 21.4. The topological polar surface area (TPSA) is 64.8 Å². The van der Waals surface area contributed by atoms with Crippen LogP contribution < -0.4 is 10.0 Å². The maximum absolute atomic E-state index is 10.7. The summed E-state index contributed by atoms with van der Waals surface area (Å²) in [7, 11) is 0. The smallest absolute Gasteiger partial charge is 0.335 e. The van der Waals surface area contributed by atoms with E-state index in [0.29, 0.717) is 0 Å². The van der Waals surface area contributed by atoms with E-state index in [1.54, 1.807) is 0 Å². The molecule has 0 atom stereocenters. The van der Waals surface area contributed by atoms with Gasteiger partial charge >= 0.3 is 5.97 Å². The zero-order valence-electron chi connectivity index (χ0n) is 14.9. The van der Waals surface area contributed by atoms with E-state index in [9.17, 15) is 9.90 Å². The summed E-state index contributed by atoms with van der Waals surface area (Å²) < 4.78 is 0. The van der Waals surface area contributed by atoms with Crippen LogP contribution in [0.15, 0.2) is 24.3 Å². The maximum Gasteiger partial charge on any atom is 0.335 e. The summed E-state index contributed by atoms with van der Waals surface area (Å²) in [5.41, 5.74) is -0.178. The normalized spacial score (nSPS) is 10.3. The van der Waals surface area contributed by atoms with Crippen molar-refractivity contribution in [1.29, 1.82) is 0 Å². The molecular weight excluding hydrogens is 290 g/mol. The van der Waals surface area contributed by atoms with Crippen LogP contribution in [0.4, 0.5) is 0 Å². The second-order valence-electron chi connectivity index (χ2n) is 5.86. The monoisotopic (exact) mass is 323 g/mol. The van der Waals surface area contributed by atoms with Gasteiger partial charge in [0.05, 0.1) is 25.2 Å². The minimum absolute atomic E-state index is 0.178. The van der Waals surface area contributed by atoms with Gasteiger partial charge in [-0.1, -0.05) is 64.0 Å². The Labute approximate surface area is 141 Å². The Morgan fingerprint density at radius 1 is 0.957 bits per heavy atom. The Bertz CT molecular complexity index is 402. The first-order chi connectivity index (χ1) is 11.1. The predicted molar refractivity (Wildman–Crippen MR) is 93.1 cm³/mol. The van der Waals surface area contributed by atoms with E-state index in [4.69, 9.17) is 5.11 Å². The minimum atomic E-state index is -1.18. The minimum Gasteiger partial charge on any atom is -0.872 e. The van der Waals surface area contributed by atoms with Gasteiger partial charge in [0, 0.05) is 0 Å². The summed E-state index contributed by atoms with van der Waals surface area (Å²) in [5, 5.41) is 19.0. The predicted octanol–water partition coefficient (Wildman–Crippen LogP) is 2.73. The van der Waals surface area contributed by atoms with Gasteiger partial charge in [0.25, 0.3) is 0 Å². The lowest BCUT2D eigenvalue weighted by atomic mass is 10.2. The quantitative estimate of drug-likeness (QED) is 0.696. The summed E-state index contributed by atoms with van der Waals surface area (Å²) in [4.78, 5) is 12.1. The third-order valence-corrected chi connectivity index (χ3v) is 3.77. The number of carbonyl (C=O) groups is 1. The molecule has 0 aliphatic heterocycles. The fourth-order valence-corrected chi connectivity index (χ4v) is 2.30. The number of benzene rings is 1. The highest BCUT2D eigenvalue weighted by Gasteiger charge is 2.05. The van der Waals surface area contributed by atoms with Crippen LogP contribution in [0, 0.1) is 0 Å².